The second-order valence-electron chi connectivity index (χ2n) is 5.58. The molecule has 3 atom stereocenters. The second kappa shape index (κ2) is 7.35. The van der Waals surface area contributed by atoms with Gasteiger partial charge < -0.3 is 15.2 Å². The Morgan fingerprint density at radius 2 is 2.23 bits per heavy atom. The lowest BCUT2D eigenvalue weighted by molar-refractivity contribution is -0.145. The molecular formula is C16H20FNO4. The normalized spacial score (nSPS) is 20.9. The molecule has 0 bridgehead atoms. The van der Waals surface area contributed by atoms with Gasteiger partial charge in [0.05, 0.1) is 12.5 Å². The van der Waals surface area contributed by atoms with Crippen molar-refractivity contribution in [2.75, 3.05) is 13.2 Å². The summed E-state index contributed by atoms with van der Waals surface area (Å²) in [5.41, 5.74) is 0.515. The highest BCUT2D eigenvalue weighted by Gasteiger charge is 2.32. The predicted molar refractivity (Wildman–Crippen MR) is 77.9 cm³/mol. The number of hydrogen-bond acceptors (Lipinski definition) is 3. The fourth-order valence-corrected chi connectivity index (χ4v) is 2.62. The maximum absolute atomic E-state index is 13.2. The number of carboxylic acid groups (broad SMARTS) is 1. The highest BCUT2D eigenvalue weighted by molar-refractivity contribution is 5.88. The van der Waals surface area contributed by atoms with Crippen molar-refractivity contribution in [3.05, 3.63) is 35.6 Å². The minimum absolute atomic E-state index is 0.241. The predicted octanol–water partition coefficient (Wildman–Crippen LogP) is 1.93. The molecule has 120 valence electrons. The molecule has 1 aromatic carbocycles. The molecule has 1 aliphatic heterocycles. The monoisotopic (exact) mass is 309 g/mol. The number of halogens is 1. The zero-order valence-corrected chi connectivity index (χ0v) is 12.4. The van der Waals surface area contributed by atoms with Crippen molar-refractivity contribution in [2.45, 2.75) is 31.7 Å². The maximum atomic E-state index is 13.2. The minimum Gasteiger partial charge on any atom is -0.480 e. The van der Waals surface area contributed by atoms with Gasteiger partial charge >= 0.3 is 5.97 Å². The standard InChI is InChI=1S/C16H20FNO4/c1-10(11-4-2-6-13(17)8-11)15(19)18-14(16(20)21)12-5-3-7-22-9-12/h2,4,6,8,10,12,14H,3,5,7,9H2,1H3,(H,18,19)(H,20,21). The van der Waals surface area contributed by atoms with Crippen molar-refractivity contribution in [1.82, 2.24) is 5.32 Å². The number of carbonyl (C=O) groups is 2. The van der Waals surface area contributed by atoms with Crippen LogP contribution < -0.4 is 5.32 Å². The van der Waals surface area contributed by atoms with Crippen LogP contribution in [0.2, 0.25) is 0 Å². The van der Waals surface area contributed by atoms with Gasteiger partial charge in [-0.25, -0.2) is 9.18 Å². The zero-order chi connectivity index (χ0) is 16.1. The third-order valence-corrected chi connectivity index (χ3v) is 3.97. The number of carbonyl (C=O) groups excluding carboxylic acids is 1. The van der Waals surface area contributed by atoms with Crippen LogP contribution in [0.15, 0.2) is 24.3 Å². The zero-order valence-electron chi connectivity index (χ0n) is 12.4. The van der Waals surface area contributed by atoms with Gasteiger partial charge in [-0.05, 0) is 37.5 Å². The molecular weight excluding hydrogens is 289 g/mol. The van der Waals surface area contributed by atoms with Crippen LogP contribution in [0, 0.1) is 11.7 Å². The Hall–Kier alpha value is -1.95. The van der Waals surface area contributed by atoms with Gasteiger partial charge in [-0.2, -0.15) is 0 Å². The number of hydrogen-bond donors (Lipinski definition) is 2. The van der Waals surface area contributed by atoms with Gasteiger partial charge in [0.2, 0.25) is 5.91 Å². The van der Waals surface area contributed by atoms with E-state index in [1.807, 2.05) is 0 Å². The summed E-state index contributed by atoms with van der Waals surface area (Å²) in [6.45, 7) is 2.57. The third kappa shape index (κ3) is 4.04. The molecule has 1 heterocycles. The van der Waals surface area contributed by atoms with Crippen LogP contribution in [0.1, 0.15) is 31.2 Å². The Kier molecular flexibility index (Phi) is 5.49. The number of ether oxygens (including phenoxy) is 1. The molecule has 1 saturated heterocycles. The molecule has 22 heavy (non-hydrogen) atoms. The van der Waals surface area contributed by atoms with E-state index in [0.29, 0.717) is 25.2 Å². The van der Waals surface area contributed by atoms with Crippen molar-refractivity contribution < 1.29 is 23.8 Å². The first-order chi connectivity index (χ1) is 10.5. The van der Waals surface area contributed by atoms with Crippen LogP contribution >= 0.6 is 0 Å². The van der Waals surface area contributed by atoms with Crippen LogP contribution in [0.25, 0.3) is 0 Å². The van der Waals surface area contributed by atoms with E-state index in [2.05, 4.69) is 5.32 Å². The molecule has 5 nitrogen and oxygen atoms in total. The van der Waals surface area contributed by atoms with E-state index in [1.54, 1.807) is 13.0 Å². The van der Waals surface area contributed by atoms with Crippen LogP contribution in [-0.4, -0.2) is 36.2 Å². The number of aliphatic carboxylic acids is 1. The summed E-state index contributed by atoms with van der Waals surface area (Å²) >= 11 is 0. The van der Waals surface area contributed by atoms with Gasteiger partial charge in [0.15, 0.2) is 0 Å². The molecule has 2 N–H and O–H groups in total. The lowest BCUT2D eigenvalue weighted by atomic mass is 9.92. The second-order valence-corrected chi connectivity index (χ2v) is 5.58. The number of carboxylic acids is 1. The van der Waals surface area contributed by atoms with Crippen LogP contribution in [0.3, 0.4) is 0 Å². The van der Waals surface area contributed by atoms with E-state index in [1.165, 1.54) is 18.2 Å². The Labute approximate surface area is 128 Å². The molecule has 0 aromatic heterocycles. The summed E-state index contributed by atoms with van der Waals surface area (Å²) in [7, 11) is 0. The quantitative estimate of drug-likeness (QED) is 0.871. The third-order valence-electron chi connectivity index (χ3n) is 3.97. The molecule has 1 aliphatic rings. The summed E-state index contributed by atoms with van der Waals surface area (Å²) in [5.74, 6) is -2.79. The highest BCUT2D eigenvalue weighted by atomic mass is 19.1. The van der Waals surface area contributed by atoms with Gasteiger partial charge in [-0.1, -0.05) is 12.1 Å². The van der Waals surface area contributed by atoms with E-state index >= 15 is 0 Å². The smallest absolute Gasteiger partial charge is 0.326 e. The Bertz CT molecular complexity index is 543. The van der Waals surface area contributed by atoms with Crippen molar-refractivity contribution in [3.8, 4) is 0 Å². The van der Waals surface area contributed by atoms with E-state index in [4.69, 9.17) is 4.74 Å². The van der Waals surface area contributed by atoms with Gasteiger partial charge in [-0.15, -0.1) is 0 Å². The van der Waals surface area contributed by atoms with Gasteiger partial charge in [0.25, 0.3) is 0 Å². The molecule has 0 aliphatic carbocycles. The lowest BCUT2D eigenvalue weighted by Gasteiger charge is -2.29. The first kappa shape index (κ1) is 16.4. The topological polar surface area (TPSA) is 75.6 Å². The first-order valence-electron chi connectivity index (χ1n) is 7.35. The van der Waals surface area contributed by atoms with E-state index in [0.717, 1.165) is 6.42 Å². The summed E-state index contributed by atoms with van der Waals surface area (Å²) in [6.07, 6.45) is 1.48. The van der Waals surface area contributed by atoms with Crippen LogP contribution in [0.4, 0.5) is 4.39 Å². The molecule has 2 rings (SSSR count). The van der Waals surface area contributed by atoms with Crippen LogP contribution in [0.5, 0.6) is 0 Å². The molecule has 1 aromatic rings. The Morgan fingerprint density at radius 3 is 2.82 bits per heavy atom. The van der Waals surface area contributed by atoms with E-state index < -0.39 is 29.7 Å². The number of amides is 1. The summed E-state index contributed by atoms with van der Waals surface area (Å²) in [4.78, 5) is 23.7. The Balaban J connectivity index is 2.05. The fourth-order valence-electron chi connectivity index (χ4n) is 2.62. The molecule has 1 fully saturated rings. The molecule has 1 amide bonds. The van der Waals surface area contributed by atoms with Crippen LogP contribution in [-0.2, 0) is 14.3 Å². The number of benzene rings is 1. The number of nitrogens with one attached hydrogen (secondary N) is 1. The van der Waals surface area contributed by atoms with Gasteiger partial charge in [0, 0.05) is 12.5 Å². The van der Waals surface area contributed by atoms with Gasteiger partial charge in [0.1, 0.15) is 11.9 Å². The van der Waals surface area contributed by atoms with Crippen molar-refractivity contribution in [1.29, 1.82) is 0 Å². The summed E-state index contributed by atoms with van der Waals surface area (Å²) in [5, 5.41) is 11.9. The fraction of sp³-hybridized carbons (Fsp3) is 0.500. The lowest BCUT2D eigenvalue weighted by Crippen LogP contribution is -2.49. The molecule has 0 saturated carbocycles. The summed E-state index contributed by atoms with van der Waals surface area (Å²) in [6, 6.07) is 4.77. The van der Waals surface area contributed by atoms with Crippen molar-refractivity contribution >= 4 is 11.9 Å². The largest absolute Gasteiger partial charge is 0.480 e. The molecule has 0 spiro atoms. The highest BCUT2D eigenvalue weighted by Crippen LogP contribution is 2.20. The average molecular weight is 309 g/mol. The summed E-state index contributed by atoms with van der Waals surface area (Å²) < 4.78 is 18.5. The van der Waals surface area contributed by atoms with Crippen molar-refractivity contribution in [3.63, 3.8) is 0 Å². The first-order valence-corrected chi connectivity index (χ1v) is 7.35. The van der Waals surface area contributed by atoms with Gasteiger partial charge in [-0.3, -0.25) is 4.79 Å². The molecule has 6 heteroatoms. The molecule has 0 radical (unpaired) electrons. The maximum Gasteiger partial charge on any atom is 0.326 e. The molecule has 3 unspecified atom stereocenters. The van der Waals surface area contributed by atoms with E-state index in [-0.39, 0.29) is 5.92 Å². The number of rotatable bonds is 5. The van der Waals surface area contributed by atoms with E-state index in [9.17, 15) is 19.1 Å². The SMILES string of the molecule is CC(C(=O)NC(C(=O)O)C1CCCOC1)c1cccc(F)c1. The van der Waals surface area contributed by atoms with Crippen molar-refractivity contribution in [2.24, 2.45) is 5.92 Å². The average Bonchev–Trinajstić information content (AvgIpc) is 2.52. The minimum atomic E-state index is -1.07. The Morgan fingerprint density at radius 1 is 1.45 bits per heavy atom.